The normalized spacial score (nSPS) is 38.0. The molecule has 4 nitrogen and oxygen atoms in total. The average molecular weight is 287 g/mol. The Morgan fingerprint density at radius 2 is 2.00 bits per heavy atom. The number of nitrogens with zero attached hydrogens (tertiary/aromatic N) is 1. The van der Waals surface area contributed by atoms with Crippen molar-refractivity contribution in [3.05, 3.63) is 35.9 Å². The second-order valence-electron chi connectivity index (χ2n) is 6.80. The second kappa shape index (κ2) is 4.55. The quantitative estimate of drug-likeness (QED) is 0.871. The van der Waals surface area contributed by atoms with Gasteiger partial charge in [0, 0.05) is 31.0 Å². The van der Waals surface area contributed by atoms with E-state index in [1.165, 1.54) is 0 Å². The third-order valence-electron chi connectivity index (χ3n) is 5.63. The molecule has 112 valence electrons. The fourth-order valence-corrected chi connectivity index (χ4v) is 4.32. The van der Waals surface area contributed by atoms with Gasteiger partial charge in [0.1, 0.15) is 0 Å². The van der Waals surface area contributed by atoms with Gasteiger partial charge in [-0.15, -0.1) is 0 Å². The van der Waals surface area contributed by atoms with E-state index in [1.807, 2.05) is 23.1 Å². The van der Waals surface area contributed by atoms with Crippen LogP contribution in [0, 0.1) is 17.3 Å². The van der Waals surface area contributed by atoms with E-state index in [4.69, 9.17) is 0 Å². The molecule has 1 aliphatic heterocycles. The predicted molar refractivity (Wildman–Crippen MR) is 77.5 cm³/mol. The summed E-state index contributed by atoms with van der Waals surface area (Å²) in [6, 6.07) is 10.1. The number of hydrogen-bond acceptors (Lipinski definition) is 3. The molecule has 3 aliphatic rings. The lowest BCUT2D eigenvalue weighted by molar-refractivity contribution is -0.131. The number of hydrogen-bond donors (Lipinski definition) is 2. The minimum atomic E-state index is -0.525. The molecule has 2 saturated carbocycles. The molecule has 3 fully saturated rings. The van der Waals surface area contributed by atoms with Crippen molar-refractivity contribution in [3.8, 4) is 0 Å². The predicted octanol–water partition coefficient (Wildman–Crippen LogP) is 0.992. The molecule has 0 radical (unpaired) electrons. The van der Waals surface area contributed by atoms with Crippen LogP contribution < -0.4 is 0 Å². The van der Waals surface area contributed by atoms with Crippen LogP contribution in [0.5, 0.6) is 0 Å². The van der Waals surface area contributed by atoms with Crippen LogP contribution in [0.2, 0.25) is 0 Å². The van der Waals surface area contributed by atoms with Crippen molar-refractivity contribution in [1.29, 1.82) is 0 Å². The first-order chi connectivity index (χ1) is 10.2. The van der Waals surface area contributed by atoms with Gasteiger partial charge >= 0.3 is 0 Å². The third kappa shape index (κ3) is 1.86. The highest BCUT2D eigenvalue weighted by Gasteiger charge is 2.71. The lowest BCUT2D eigenvalue weighted by Crippen LogP contribution is -2.30. The smallest absolute Gasteiger partial charge is 0.225 e. The van der Waals surface area contributed by atoms with Gasteiger partial charge < -0.3 is 15.1 Å². The Labute approximate surface area is 124 Å². The van der Waals surface area contributed by atoms with Crippen molar-refractivity contribution in [1.82, 2.24) is 4.90 Å². The number of β-amino-alcohol motifs (C(OH)–C–C–N with tert-alkyl or cyclic N) is 1. The van der Waals surface area contributed by atoms with Crippen LogP contribution in [0.3, 0.4) is 0 Å². The summed E-state index contributed by atoms with van der Waals surface area (Å²) in [7, 11) is 0. The van der Waals surface area contributed by atoms with Crippen LogP contribution >= 0.6 is 0 Å². The first-order valence-corrected chi connectivity index (χ1v) is 7.81. The molecule has 4 atom stereocenters. The monoisotopic (exact) mass is 287 g/mol. The summed E-state index contributed by atoms with van der Waals surface area (Å²) in [6.45, 7) is 1.09. The summed E-state index contributed by atoms with van der Waals surface area (Å²) in [5, 5.41) is 20.3. The van der Waals surface area contributed by atoms with Crippen LogP contribution in [0.15, 0.2) is 30.3 Å². The summed E-state index contributed by atoms with van der Waals surface area (Å²) < 4.78 is 0. The molecule has 1 saturated heterocycles. The third-order valence-corrected chi connectivity index (χ3v) is 5.63. The zero-order valence-corrected chi connectivity index (χ0v) is 12.0. The van der Waals surface area contributed by atoms with E-state index < -0.39 is 6.10 Å². The minimum Gasteiger partial charge on any atom is -0.396 e. The van der Waals surface area contributed by atoms with Crippen LogP contribution in [-0.2, 0) is 4.79 Å². The van der Waals surface area contributed by atoms with Gasteiger partial charge in [0.05, 0.1) is 6.10 Å². The Kier molecular flexibility index (Phi) is 2.88. The number of carbonyl (C=O) groups is 1. The van der Waals surface area contributed by atoms with Gasteiger partial charge in [-0.3, -0.25) is 4.79 Å². The molecule has 0 bridgehead atoms. The molecule has 0 aromatic heterocycles. The number of rotatable bonds is 3. The highest BCUT2D eigenvalue weighted by Crippen LogP contribution is 2.68. The number of carbonyl (C=O) groups excluding carboxylic acids is 1. The van der Waals surface area contributed by atoms with Crippen molar-refractivity contribution in [3.63, 3.8) is 0 Å². The maximum Gasteiger partial charge on any atom is 0.225 e. The van der Waals surface area contributed by atoms with Crippen molar-refractivity contribution >= 4 is 5.91 Å². The average Bonchev–Trinajstić information content (AvgIpc) is 3.39. The van der Waals surface area contributed by atoms with Crippen molar-refractivity contribution in [2.45, 2.75) is 24.9 Å². The number of aliphatic hydroxyl groups is 2. The standard InChI is InChI=1S/C17H21NO3/c19-9-13-15(11-4-2-1-3-5-11)17(13)10-18(8-14(17)20)16(21)12-6-7-12/h1-5,12-15,19-20H,6-10H2/t13-,14-,15-,17-/m1/s1. The number of amides is 1. The lowest BCUT2D eigenvalue weighted by atomic mass is 9.95. The Balaban J connectivity index is 1.60. The van der Waals surface area contributed by atoms with Gasteiger partial charge in [0.25, 0.3) is 0 Å². The van der Waals surface area contributed by atoms with Gasteiger partial charge in [-0.2, -0.15) is 0 Å². The number of likely N-dealkylation sites (tertiary alicyclic amines) is 1. The van der Waals surface area contributed by atoms with E-state index in [2.05, 4.69) is 12.1 Å². The van der Waals surface area contributed by atoms with Gasteiger partial charge in [-0.1, -0.05) is 30.3 Å². The van der Waals surface area contributed by atoms with E-state index >= 15 is 0 Å². The van der Waals surface area contributed by atoms with Crippen LogP contribution in [-0.4, -0.2) is 46.8 Å². The van der Waals surface area contributed by atoms with Gasteiger partial charge in [-0.25, -0.2) is 0 Å². The molecule has 21 heavy (non-hydrogen) atoms. The van der Waals surface area contributed by atoms with Crippen molar-refractivity contribution in [2.24, 2.45) is 17.3 Å². The van der Waals surface area contributed by atoms with Crippen LogP contribution in [0.25, 0.3) is 0 Å². The zero-order valence-electron chi connectivity index (χ0n) is 12.0. The maximum atomic E-state index is 12.3. The highest BCUT2D eigenvalue weighted by molar-refractivity contribution is 5.81. The highest BCUT2D eigenvalue weighted by atomic mass is 16.3. The fourth-order valence-electron chi connectivity index (χ4n) is 4.32. The lowest BCUT2D eigenvalue weighted by Gasteiger charge is -2.16. The molecule has 1 spiro atoms. The molecule has 0 unspecified atom stereocenters. The summed E-state index contributed by atoms with van der Waals surface area (Å²) in [6.07, 6.45) is 1.45. The van der Waals surface area contributed by atoms with Crippen LogP contribution in [0.4, 0.5) is 0 Å². The zero-order chi connectivity index (χ0) is 14.6. The van der Waals surface area contributed by atoms with Gasteiger partial charge in [0.15, 0.2) is 0 Å². The molecule has 1 amide bonds. The van der Waals surface area contributed by atoms with E-state index in [0.717, 1.165) is 18.4 Å². The first kappa shape index (κ1) is 13.3. The molecule has 4 heteroatoms. The molecular weight excluding hydrogens is 266 g/mol. The molecule has 2 N–H and O–H groups in total. The van der Waals surface area contributed by atoms with Crippen molar-refractivity contribution < 1.29 is 15.0 Å². The van der Waals surface area contributed by atoms with E-state index in [-0.39, 0.29) is 35.7 Å². The summed E-state index contributed by atoms with van der Waals surface area (Å²) >= 11 is 0. The molecular formula is C17H21NO3. The molecule has 2 aliphatic carbocycles. The van der Waals surface area contributed by atoms with E-state index in [0.29, 0.717) is 13.1 Å². The minimum absolute atomic E-state index is 0.0619. The number of aliphatic hydroxyl groups excluding tert-OH is 2. The topological polar surface area (TPSA) is 60.8 Å². The summed E-state index contributed by atoms with van der Waals surface area (Å²) in [5.41, 5.74) is 0.831. The molecule has 4 rings (SSSR count). The molecule has 1 aromatic rings. The Hall–Kier alpha value is -1.39. The van der Waals surface area contributed by atoms with E-state index in [9.17, 15) is 15.0 Å². The van der Waals surface area contributed by atoms with Crippen molar-refractivity contribution in [2.75, 3.05) is 19.7 Å². The van der Waals surface area contributed by atoms with Gasteiger partial charge in [-0.05, 0) is 30.2 Å². The Morgan fingerprint density at radius 3 is 2.62 bits per heavy atom. The largest absolute Gasteiger partial charge is 0.396 e. The summed E-state index contributed by atoms with van der Waals surface area (Å²) in [4.78, 5) is 14.1. The van der Waals surface area contributed by atoms with Crippen LogP contribution in [0.1, 0.15) is 24.3 Å². The summed E-state index contributed by atoms with van der Waals surface area (Å²) in [5.74, 6) is 0.609. The SMILES string of the molecule is O=C(C1CC1)N1C[C@@H](O)[C@@]2(C1)[C@H](CO)[C@H]2c1ccccc1. The number of benzene rings is 1. The van der Waals surface area contributed by atoms with E-state index in [1.54, 1.807) is 0 Å². The maximum absolute atomic E-state index is 12.3. The van der Waals surface area contributed by atoms with Gasteiger partial charge in [0.2, 0.25) is 5.91 Å². The fraction of sp³-hybridized carbons (Fsp3) is 0.588. The Bertz CT molecular complexity index is 556. The second-order valence-corrected chi connectivity index (χ2v) is 6.80. The molecule has 1 aromatic carbocycles. The molecule has 1 heterocycles. The Morgan fingerprint density at radius 1 is 1.29 bits per heavy atom. The first-order valence-electron chi connectivity index (χ1n) is 7.81.